The first-order valence-electron chi connectivity index (χ1n) is 7.11. The minimum Gasteiger partial charge on any atom is -0.862 e. The van der Waals surface area contributed by atoms with Crippen LogP contribution in [0.2, 0.25) is 0 Å². The van der Waals surface area contributed by atoms with E-state index in [9.17, 15) is 5.11 Å². The van der Waals surface area contributed by atoms with Crippen molar-refractivity contribution in [2.45, 2.75) is 26.4 Å². The van der Waals surface area contributed by atoms with Gasteiger partial charge in [-0.05, 0) is 35.2 Å². The van der Waals surface area contributed by atoms with Gasteiger partial charge in [0.15, 0.2) is 18.0 Å². The van der Waals surface area contributed by atoms with Crippen LogP contribution in [-0.2, 0) is 19.5 Å². The van der Waals surface area contributed by atoms with E-state index < -0.39 is 0 Å². The molecule has 0 aliphatic heterocycles. The first-order chi connectivity index (χ1) is 11.1. The van der Waals surface area contributed by atoms with Gasteiger partial charge in [0, 0.05) is 6.42 Å². The summed E-state index contributed by atoms with van der Waals surface area (Å²) in [6.07, 6.45) is 0.685. The molecule has 0 unspecified atom stereocenters. The number of aryl methyl sites for hydroxylation is 2. The van der Waals surface area contributed by atoms with Gasteiger partial charge in [-0.1, -0.05) is 6.07 Å². The summed E-state index contributed by atoms with van der Waals surface area (Å²) >= 11 is 0. The van der Waals surface area contributed by atoms with E-state index in [2.05, 4.69) is 10.3 Å². The highest BCUT2D eigenvalue weighted by Gasteiger charge is 2.22. The molecule has 2 aromatic rings. The molecule has 1 aromatic heterocycles. The van der Waals surface area contributed by atoms with Gasteiger partial charge in [-0.25, -0.2) is 4.99 Å². The largest absolute Gasteiger partial charge is 0.862 e. The van der Waals surface area contributed by atoms with Crippen LogP contribution in [0.4, 0.5) is 5.88 Å². The molecule has 0 fully saturated rings. The zero-order chi connectivity index (χ0) is 16.8. The predicted octanol–water partition coefficient (Wildman–Crippen LogP) is 0.0909. The number of benzene rings is 1. The normalized spacial score (nSPS) is 11.6. The zero-order valence-electron chi connectivity index (χ0n) is 13.4. The van der Waals surface area contributed by atoms with Crippen LogP contribution >= 0.6 is 0 Å². The lowest BCUT2D eigenvalue weighted by atomic mass is 10.1. The molecule has 0 aliphatic rings. The minimum atomic E-state index is -0.358. The molecule has 0 bridgehead atoms. The molecule has 0 saturated carbocycles. The van der Waals surface area contributed by atoms with E-state index in [0.717, 1.165) is 5.56 Å². The van der Waals surface area contributed by atoms with Crippen molar-refractivity contribution in [2.75, 3.05) is 14.2 Å². The highest BCUT2D eigenvalue weighted by molar-refractivity contribution is 5.71. The molecule has 1 heterocycles. The van der Waals surface area contributed by atoms with E-state index in [4.69, 9.17) is 19.7 Å². The fraction of sp³-hybridized carbons (Fsp3) is 0.400. The number of hydrogen-bond acceptors (Lipinski definition) is 7. The summed E-state index contributed by atoms with van der Waals surface area (Å²) in [5, 5.41) is 15.0. The third-order valence-corrected chi connectivity index (χ3v) is 3.30. The summed E-state index contributed by atoms with van der Waals surface area (Å²) < 4.78 is 17.2. The third-order valence-electron chi connectivity index (χ3n) is 3.30. The van der Waals surface area contributed by atoms with Crippen molar-refractivity contribution in [3.05, 3.63) is 29.5 Å². The van der Waals surface area contributed by atoms with E-state index in [0.29, 0.717) is 30.2 Å². The van der Waals surface area contributed by atoms with Gasteiger partial charge in [0.05, 0.1) is 20.8 Å². The lowest BCUT2D eigenvalue weighted by molar-refractivity contribution is -0.767. The molecule has 0 atom stereocenters. The predicted molar refractivity (Wildman–Crippen MR) is 80.6 cm³/mol. The van der Waals surface area contributed by atoms with Gasteiger partial charge in [0.25, 0.3) is 5.69 Å². The Kier molecular flexibility index (Phi) is 5.53. The number of nitrogens with zero attached hydrogens (tertiary/aromatic N) is 3. The highest BCUT2D eigenvalue weighted by atomic mass is 16.5. The molecule has 8 nitrogen and oxygen atoms in total. The van der Waals surface area contributed by atoms with Gasteiger partial charge >= 0.3 is 5.88 Å². The zero-order valence-corrected chi connectivity index (χ0v) is 13.4. The van der Waals surface area contributed by atoms with Crippen molar-refractivity contribution in [3.63, 3.8) is 0 Å². The van der Waals surface area contributed by atoms with Crippen molar-refractivity contribution in [3.8, 4) is 11.5 Å². The number of aliphatic imine (C=N–C) groups is 1. The summed E-state index contributed by atoms with van der Waals surface area (Å²) in [5.74, 6) is 1.15. The van der Waals surface area contributed by atoms with E-state index >= 15 is 0 Å². The molecule has 124 valence electrons. The van der Waals surface area contributed by atoms with E-state index in [1.807, 2.05) is 18.2 Å². The molecule has 23 heavy (non-hydrogen) atoms. The topological polar surface area (TPSA) is 110 Å². The maximum absolute atomic E-state index is 11.1. The maximum Gasteiger partial charge on any atom is 0.325 e. The first kappa shape index (κ1) is 16.8. The molecule has 0 radical (unpaired) electrons. The smallest absolute Gasteiger partial charge is 0.325 e. The molecular weight excluding hydrogens is 300 g/mol. The number of aromatic nitrogens is 2. The van der Waals surface area contributed by atoms with Gasteiger partial charge < -0.3 is 20.3 Å². The monoisotopic (exact) mass is 320 g/mol. The minimum absolute atomic E-state index is 0.160. The summed E-state index contributed by atoms with van der Waals surface area (Å²) in [4.78, 5) is 3.75. The van der Waals surface area contributed by atoms with Crippen LogP contribution in [0.15, 0.2) is 27.7 Å². The van der Waals surface area contributed by atoms with E-state index in [-0.39, 0.29) is 18.3 Å². The van der Waals surface area contributed by atoms with Crippen LogP contribution in [0, 0.1) is 0 Å². The number of rotatable bonds is 7. The SMILES string of the molecule is COc1ccc(CC[n+]2noc(/N=C(/C)[O-])c2CN)cc1OC. The molecule has 8 heteroatoms. The van der Waals surface area contributed by atoms with Crippen LogP contribution in [0.25, 0.3) is 0 Å². The van der Waals surface area contributed by atoms with Gasteiger partial charge in [-0.2, -0.15) is 0 Å². The van der Waals surface area contributed by atoms with Crippen LogP contribution in [0.1, 0.15) is 18.2 Å². The Hall–Kier alpha value is -2.61. The van der Waals surface area contributed by atoms with Crippen LogP contribution in [0.3, 0.4) is 0 Å². The molecule has 0 saturated heterocycles. The molecular formula is C15H20N4O4. The summed E-state index contributed by atoms with van der Waals surface area (Å²) in [7, 11) is 3.19. The Balaban J connectivity index is 2.15. The molecule has 0 aliphatic carbocycles. The second-order valence-corrected chi connectivity index (χ2v) is 4.82. The van der Waals surface area contributed by atoms with Crippen molar-refractivity contribution >= 4 is 11.8 Å². The van der Waals surface area contributed by atoms with Crippen LogP contribution in [0.5, 0.6) is 11.5 Å². The summed E-state index contributed by atoms with van der Waals surface area (Å²) in [5.41, 5.74) is 7.33. The third kappa shape index (κ3) is 3.98. The fourth-order valence-corrected chi connectivity index (χ4v) is 2.17. The Morgan fingerprint density at radius 3 is 2.70 bits per heavy atom. The Morgan fingerprint density at radius 1 is 1.35 bits per heavy atom. The molecule has 1 aromatic carbocycles. The summed E-state index contributed by atoms with van der Waals surface area (Å²) in [6, 6.07) is 5.70. The highest BCUT2D eigenvalue weighted by Crippen LogP contribution is 2.27. The molecule has 2 rings (SSSR count). The van der Waals surface area contributed by atoms with Gasteiger partial charge in [0.1, 0.15) is 0 Å². The Morgan fingerprint density at radius 2 is 2.09 bits per heavy atom. The number of ether oxygens (including phenoxy) is 2. The standard InChI is InChI=1S/C15H20N4O4/c1-10(20)17-15-12(9-16)19(18-23-15)7-6-11-4-5-13(21-2)14(8-11)22-3/h4-5,8H,6-7,9,16H2,1-3H3. The van der Waals surface area contributed by atoms with Gasteiger partial charge in [-0.15, -0.1) is 0 Å². The Labute approximate surface area is 134 Å². The molecule has 0 amide bonds. The second-order valence-electron chi connectivity index (χ2n) is 4.82. The lowest BCUT2D eigenvalue weighted by Crippen LogP contribution is -2.41. The first-order valence-corrected chi connectivity index (χ1v) is 7.11. The van der Waals surface area contributed by atoms with E-state index in [1.54, 1.807) is 18.9 Å². The molecule has 2 N–H and O–H groups in total. The fourth-order valence-electron chi connectivity index (χ4n) is 2.17. The average molecular weight is 320 g/mol. The van der Waals surface area contributed by atoms with Crippen molar-refractivity contribution in [1.82, 2.24) is 5.27 Å². The average Bonchev–Trinajstić information content (AvgIpc) is 2.93. The second kappa shape index (κ2) is 7.59. The van der Waals surface area contributed by atoms with E-state index in [1.165, 1.54) is 6.92 Å². The number of methoxy groups -OCH3 is 2. The van der Waals surface area contributed by atoms with Gasteiger partial charge in [-0.3, -0.25) is 4.52 Å². The summed E-state index contributed by atoms with van der Waals surface area (Å²) in [6.45, 7) is 2.07. The van der Waals surface area contributed by atoms with Crippen LogP contribution in [-0.4, -0.2) is 25.4 Å². The van der Waals surface area contributed by atoms with Crippen molar-refractivity contribution in [1.29, 1.82) is 0 Å². The van der Waals surface area contributed by atoms with Crippen molar-refractivity contribution in [2.24, 2.45) is 10.7 Å². The quantitative estimate of drug-likeness (QED) is 0.440. The van der Waals surface area contributed by atoms with Crippen LogP contribution < -0.4 is 25.0 Å². The molecule has 0 spiro atoms. The van der Waals surface area contributed by atoms with Gasteiger partial charge in [0.2, 0.25) is 5.27 Å². The van der Waals surface area contributed by atoms with Crippen molar-refractivity contribution < 1.29 is 23.8 Å². The maximum atomic E-state index is 11.1. The lowest BCUT2D eigenvalue weighted by Gasteiger charge is -2.08. The number of nitrogens with two attached hydrogens (primary N) is 1. The Bertz CT molecular complexity index is 693. The number of hydrogen-bond donors (Lipinski definition) is 1.